The van der Waals surface area contributed by atoms with Crippen LogP contribution in [0.3, 0.4) is 0 Å². The SMILES string of the molecule is COC(=O)[C@H](CC(C)C)NC1Cc2ccccc2C1=O. The molecule has 1 aliphatic carbocycles. The molecular formula is C16H21NO3. The zero-order chi connectivity index (χ0) is 14.7. The number of hydrogen-bond acceptors (Lipinski definition) is 4. The van der Waals surface area contributed by atoms with Crippen LogP contribution in [0.4, 0.5) is 0 Å². The second-order valence-electron chi connectivity index (χ2n) is 5.65. The summed E-state index contributed by atoms with van der Waals surface area (Å²) in [5, 5.41) is 3.17. The molecule has 0 radical (unpaired) electrons. The highest BCUT2D eigenvalue weighted by Crippen LogP contribution is 2.22. The monoisotopic (exact) mass is 275 g/mol. The first-order chi connectivity index (χ1) is 9.52. The van der Waals surface area contributed by atoms with E-state index < -0.39 is 6.04 Å². The van der Waals surface area contributed by atoms with Crippen LogP contribution in [0, 0.1) is 5.92 Å². The largest absolute Gasteiger partial charge is 0.468 e. The Morgan fingerprint density at radius 3 is 2.70 bits per heavy atom. The van der Waals surface area contributed by atoms with Gasteiger partial charge in [-0.05, 0) is 24.3 Å². The molecule has 0 saturated heterocycles. The first kappa shape index (κ1) is 14.7. The van der Waals surface area contributed by atoms with Gasteiger partial charge in [-0.25, -0.2) is 0 Å². The van der Waals surface area contributed by atoms with Crippen molar-refractivity contribution >= 4 is 11.8 Å². The molecule has 0 spiro atoms. The van der Waals surface area contributed by atoms with Crippen LogP contribution in [0.15, 0.2) is 24.3 Å². The number of ether oxygens (including phenoxy) is 1. The molecule has 4 heteroatoms. The molecule has 1 N–H and O–H groups in total. The summed E-state index contributed by atoms with van der Waals surface area (Å²) in [6.07, 6.45) is 1.30. The van der Waals surface area contributed by atoms with Crippen LogP contribution < -0.4 is 5.32 Å². The predicted octanol–water partition coefficient (Wildman–Crippen LogP) is 1.97. The van der Waals surface area contributed by atoms with Crippen molar-refractivity contribution in [2.75, 3.05) is 7.11 Å². The van der Waals surface area contributed by atoms with Crippen LogP contribution in [0.5, 0.6) is 0 Å². The van der Waals surface area contributed by atoms with Gasteiger partial charge in [0, 0.05) is 5.56 Å². The lowest BCUT2D eigenvalue weighted by atomic mass is 10.0. The van der Waals surface area contributed by atoms with Crippen molar-refractivity contribution < 1.29 is 14.3 Å². The summed E-state index contributed by atoms with van der Waals surface area (Å²) in [4.78, 5) is 24.1. The maximum absolute atomic E-state index is 12.3. The zero-order valence-electron chi connectivity index (χ0n) is 12.2. The van der Waals surface area contributed by atoms with Crippen LogP contribution in [-0.4, -0.2) is 30.9 Å². The Morgan fingerprint density at radius 2 is 2.10 bits per heavy atom. The third-order valence-electron chi connectivity index (χ3n) is 3.62. The topological polar surface area (TPSA) is 55.4 Å². The predicted molar refractivity (Wildman–Crippen MR) is 76.7 cm³/mol. The number of hydrogen-bond donors (Lipinski definition) is 1. The quantitative estimate of drug-likeness (QED) is 0.835. The number of carbonyl (C=O) groups is 2. The standard InChI is InChI=1S/C16H21NO3/c1-10(2)8-14(16(19)20-3)17-13-9-11-6-4-5-7-12(11)15(13)18/h4-7,10,13-14,17H,8-9H2,1-3H3/t13?,14-/m0/s1. The van der Waals surface area contributed by atoms with Gasteiger partial charge in [-0.3, -0.25) is 14.9 Å². The van der Waals surface area contributed by atoms with Crippen molar-refractivity contribution in [3.8, 4) is 0 Å². The van der Waals surface area contributed by atoms with Crippen LogP contribution in [0.25, 0.3) is 0 Å². The Balaban J connectivity index is 2.09. The maximum Gasteiger partial charge on any atom is 0.322 e. The van der Waals surface area contributed by atoms with Gasteiger partial charge in [0.25, 0.3) is 0 Å². The summed E-state index contributed by atoms with van der Waals surface area (Å²) < 4.78 is 4.82. The number of nitrogens with one attached hydrogen (secondary N) is 1. The molecule has 108 valence electrons. The Labute approximate surface area is 119 Å². The van der Waals surface area contributed by atoms with Gasteiger partial charge in [-0.15, -0.1) is 0 Å². The summed E-state index contributed by atoms with van der Waals surface area (Å²) >= 11 is 0. The number of methoxy groups -OCH3 is 1. The number of Topliss-reactive ketones (excluding diaryl/α,β-unsaturated/α-hetero) is 1. The molecule has 4 nitrogen and oxygen atoms in total. The van der Waals surface area contributed by atoms with Crippen LogP contribution >= 0.6 is 0 Å². The number of fused-ring (bicyclic) bond motifs is 1. The average Bonchev–Trinajstić information content (AvgIpc) is 2.74. The molecule has 0 saturated carbocycles. The van der Waals surface area contributed by atoms with E-state index in [1.165, 1.54) is 7.11 Å². The first-order valence-electron chi connectivity index (χ1n) is 6.99. The Bertz CT molecular complexity index is 510. The lowest BCUT2D eigenvalue weighted by Gasteiger charge is -2.21. The van der Waals surface area contributed by atoms with Crippen molar-refractivity contribution in [1.82, 2.24) is 5.32 Å². The number of carbonyl (C=O) groups excluding carboxylic acids is 2. The molecule has 20 heavy (non-hydrogen) atoms. The molecule has 0 aliphatic heterocycles. The third kappa shape index (κ3) is 3.07. The third-order valence-corrected chi connectivity index (χ3v) is 3.62. The lowest BCUT2D eigenvalue weighted by Crippen LogP contribution is -2.47. The first-order valence-corrected chi connectivity index (χ1v) is 6.99. The van der Waals surface area contributed by atoms with E-state index in [1.807, 2.05) is 38.1 Å². The minimum absolute atomic E-state index is 0.0678. The second-order valence-corrected chi connectivity index (χ2v) is 5.65. The summed E-state index contributed by atoms with van der Waals surface area (Å²) in [6.45, 7) is 4.09. The van der Waals surface area contributed by atoms with E-state index in [9.17, 15) is 9.59 Å². The fraction of sp³-hybridized carbons (Fsp3) is 0.500. The van der Waals surface area contributed by atoms with Gasteiger partial charge in [0.05, 0.1) is 13.2 Å². The minimum Gasteiger partial charge on any atom is -0.468 e. The fourth-order valence-electron chi connectivity index (χ4n) is 2.66. The zero-order valence-corrected chi connectivity index (χ0v) is 12.2. The molecule has 1 aromatic rings. The van der Waals surface area contributed by atoms with E-state index in [4.69, 9.17) is 4.74 Å². The van der Waals surface area contributed by atoms with Crippen molar-refractivity contribution in [3.05, 3.63) is 35.4 Å². The lowest BCUT2D eigenvalue weighted by molar-refractivity contribution is -0.143. The molecule has 1 unspecified atom stereocenters. The van der Waals surface area contributed by atoms with Gasteiger partial charge in [-0.2, -0.15) is 0 Å². The van der Waals surface area contributed by atoms with E-state index in [-0.39, 0.29) is 17.8 Å². The second kappa shape index (κ2) is 6.18. The molecule has 0 heterocycles. The van der Waals surface area contributed by atoms with Crippen molar-refractivity contribution in [1.29, 1.82) is 0 Å². The summed E-state index contributed by atoms with van der Waals surface area (Å²) in [5.74, 6) is 0.117. The number of esters is 1. The highest BCUT2D eigenvalue weighted by molar-refractivity contribution is 6.04. The van der Waals surface area contributed by atoms with Crippen LogP contribution in [-0.2, 0) is 16.0 Å². The number of ketones is 1. The highest BCUT2D eigenvalue weighted by Gasteiger charge is 2.33. The fourth-order valence-corrected chi connectivity index (χ4v) is 2.66. The van der Waals surface area contributed by atoms with Crippen molar-refractivity contribution in [2.24, 2.45) is 5.92 Å². The van der Waals surface area contributed by atoms with Gasteiger partial charge in [0.15, 0.2) is 5.78 Å². The van der Waals surface area contributed by atoms with E-state index in [0.717, 1.165) is 11.1 Å². The molecule has 2 rings (SSSR count). The van der Waals surface area contributed by atoms with E-state index in [2.05, 4.69) is 5.32 Å². The molecule has 0 aromatic heterocycles. The Hall–Kier alpha value is -1.68. The minimum atomic E-state index is -0.428. The van der Waals surface area contributed by atoms with E-state index >= 15 is 0 Å². The molecule has 2 atom stereocenters. The normalized spacial score (nSPS) is 19.0. The van der Waals surface area contributed by atoms with E-state index in [0.29, 0.717) is 18.8 Å². The van der Waals surface area contributed by atoms with Gasteiger partial charge >= 0.3 is 5.97 Å². The Morgan fingerprint density at radius 1 is 1.40 bits per heavy atom. The molecule has 0 fully saturated rings. The van der Waals surface area contributed by atoms with E-state index in [1.54, 1.807) is 0 Å². The smallest absolute Gasteiger partial charge is 0.322 e. The number of benzene rings is 1. The summed E-state index contributed by atoms with van der Waals surface area (Å²) in [7, 11) is 1.38. The molecular weight excluding hydrogens is 254 g/mol. The van der Waals surface area contributed by atoms with Crippen LogP contribution in [0.2, 0.25) is 0 Å². The molecule has 0 bridgehead atoms. The maximum atomic E-state index is 12.3. The molecule has 0 amide bonds. The molecule has 1 aromatic carbocycles. The van der Waals surface area contributed by atoms with Crippen molar-refractivity contribution in [3.63, 3.8) is 0 Å². The molecule has 1 aliphatic rings. The van der Waals surface area contributed by atoms with Gasteiger partial charge in [0.1, 0.15) is 6.04 Å². The number of rotatable bonds is 5. The average molecular weight is 275 g/mol. The Kier molecular flexibility index (Phi) is 4.55. The van der Waals surface area contributed by atoms with Crippen LogP contribution in [0.1, 0.15) is 36.2 Å². The van der Waals surface area contributed by atoms with Gasteiger partial charge in [-0.1, -0.05) is 38.1 Å². The summed E-state index contributed by atoms with van der Waals surface area (Å²) in [6, 6.07) is 6.85. The van der Waals surface area contributed by atoms with Gasteiger partial charge < -0.3 is 4.74 Å². The summed E-state index contributed by atoms with van der Waals surface area (Å²) in [5.41, 5.74) is 1.81. The van der Waals surface area contributed by atoms with Crippen molar-refractivity contribution in [2.45, 2.75) is 38.8 Å². The highest BCUT2D eigenvalue weighted by atomic mass is 16.5. The van der Waals surface area contributed by atoms with Gasteiger partial charge in [0.2, 0.25) is 0 Å².